The summed E-state index contributed by atoms with van der Waals surface area (Å²) in [5.41, 5.74) is 5.42. The number of nitrogens with one attached hydrogen (secondary N) is 3. The Morgan fingerprint density at radius 2 is 1.56 bits per heavy atom. The first-order chi connectivity index (χ1) is 11.5. The molecule has 144 valence electrons. The molecule has 0 rings (SSSR count). The topological polar surface area (TPSA) is 151 Å². The van der Waals surface area contributed by atoms with E-state index in [4.69, 9.17) is 5.73 Å². The van der Waals surface area contributed by atoms with Gasteiger partial charge in [0, 0.05) is 5.75 Å². The van der Waals surface area contributed by atoms with E-state index in [1.807, 2.05) is 6.92 Å². The summed E-state index contributed by atoms with van der Waals surface area (Å²) in [4.78, 5) is 47.1. The third-order valence-electron chi connectivity index (χ3n) is 3.76. The number of rotatable bonds is 10. The molecule has 0 spiro atoms. The third-order valence-corrected chi connectivity index (χ3v) is 4.12. The van der Waals surface area contributed by atoms with Crippen LogP contribution in [0.2, 0.25) is 0 Å². The molecule has 3 amide bonds. The SMILES string of the molecule is CCC(C)C(NC(=O)C(C)NC(=O)C(CS)NC(=O)C(C)N)C(=O)O. The molecule has 0 bridgehead atoms. The van der Waals surface area contributed by atoms with E-state index in [9.17, 15) is 24.3 Å². The highest BCUT2D eigenvalue weighted by Gasteiger charge is 2.29. The van der Waals surface area contributed by atoms with Gasteiger partial charge in [0.1, 0.15) is 18.1 Å². The van der Waals surface area contributed by atoms with E-state index in [-0.39, 0.29) is 11.7 Å². The molecule has 0 fully saturated rings. The summed E-state index contributed by atoms with van der Waals surface area (Å²) >= 11 is 4.00. The molecule has 0 radical (unpaired) electrons. The number of carbonyl (C=O) groups excluding carboxylic acids is 3. The first-order valence-electron chi connectivity index (χ1n) is 8.05. The second kappa shape index (κ2) is 10.9. The fourth-order valence-electron chi connectivity index (χ4n) is 1.84. The summed E-state index contributed by atoms with van der Waals surface area (Å²) in [6.45, 7) is 6.42. The van der Waals surface area contributed by atoms with Crippen molar-refractivity contribution in [2.24, 2.45) is 11.7 Å². The van der Waals surface area contributed by atoms with Crippen molar-refractivity contribution in [3.05, 3.63) is 0 Å². The molecule has 6 N–H and O–H groups in total. The maximum atomic E-state index is 12.1. The van der Waals surface area contributed by atoms with E-state index in [0.29, 0.717) is 6.42 Å². The maximum Gasteiger partial charge on any atom is 0.326 e. The number of hydrogen-bond acceptors (Lipinski definition) is 6. The summed E-state index contributed by atoms with van der Waals surface area (Å²) in [6.07, 6.45) is 0.572. The van der Waals surface area contributed by atoms with Crippen molar-refractivity contribution in [2.75, 3.05) is 5.75 Å². The Morgan fingerprint density at radius 1 is 1.00 bits per heavy atom. The predicted molar refractivity (Wildman–Crippen MR) is 96.1 cm³/mol. The molecule has 0 aliphatic rings. The van der Waals surface area contributed by atoms with Crippen LogP contribution in [0.4, 0.5) is 0 Å². The number of hydrogen-bond donors (Lipinski definition) is 6. The number of thiol groups is 1. The van der Waals surface area contributed by atoms with E-state index < -0.39 is 47.9 Å². The maximum absolute atomic E-state index is 12.1. The quantitative estimate of drug-likeness (QED) is 0.266. The van der Waals surface area contributed by atoms with Crippen LogP contribution in [0, 0.1) is 5.92 Å². The molecule has 0 aromatic carbocycles. The number of nitrogens with two attached hydrogens (primary N) is 1. The highest BCUT2D eigenvalue weighted by molar-refractivity contribution is 7.80. The van der Waals surface area contributed by atoms with Crippen LogP contribution in [0.25, 0.3) is 0 Å². The second-order valence-corrected chi connectivity index (χ2v) is 6.34. The first kappa shape index (κ1) is 23.2. The van der Waals surface area contributed by atoms with Crippen LogP contribution in [-0.4, -0.2) is 58.7 Å². The molecule has 0 saturated heterocycles. The van der Waals surface area contributed by atoms with Crippen molar-refractivity contribution in [2.45, 2.75) is 58.3 Å². The molecular weight excluding hydrogens is 348 g/mol. The first-order valence-corrected chi connectivity index (χ1v) is 8.68. The number of amides is 3. The van der Waals surface area contributed by atoms with Gasteiger partial charge in [0.05, 0.1) is 6.04 Å². The smallest absolute Gasteiger partial charge is 0.326 e. The van der Waals surface area contributed by atoms with Gasteiger partial charge in [0.15, 0.2) is 0 Å². The van der Waals surface area contributed by atoms with Crippen LogP contribution in [0.1, 0.15) is 34.1 Å². The number of aliphatic carboxylic acids is 1. The molecule has 0 aromatic heterocycles. The average Bonchev–Trinajstić information content (AvgIpc) is 2.55. The van der Waals surface area contributed by atoms with Gasteiger partial charge in [-0.05, 0) is 19.8 Å². The van der Waals surface area contributed by atoms with Crippen molar-refractivity contribution >= 4 is 36.3 Å². The number of carbonyl (C=O) groups is 4. The minimum Gasteiger partial charge on any atom is -0.480 e. The van der Waals surface area contributed by atoms with Gasteiger partial charge in [-0.1, -0.05) is 20.3 Å². The molecule has 10 heteroatoms. The van der Waals surface area contributed by atoms with Gasteiger partial charge < -0.3 is 26.8 Å². The van der Waals surface area contributed by atoms with Crippen molar-refractivity contribution < 1.29 is 24.3 Å². The molecule has 5 atom stereocenters. The van der Waals surface area contributed by atoms with Gasteiger partial charge in [-0.15, -0.1) is 0 Å². The van der Waals surface area contributed by atoms with Gasteiger partial charge in [0.2, 0.25) is 17.7 Å². The molecule has 5 unspecified atom stereocenters. The standard InChI is InChI=1S/C15H28N4O5S/c1-5-7(2)11(15(23)24)19-13(21)9(4)17-14(22)10(6-25)18-12(20)8(3)16/h7-11,25H,5-6,16H2,1-4H3,(H,17,22)(H,18,20)(H,19,21)(H,23,24). The lowest BCUT2D eigenvalue weighted by Crippen LogP contribution is -2.57. The molecule has 0 saturated carbocycles. The lowest BCUT2D eigenvalue weighted by Gasteiger charge is -2.24. The minimum atomic E-state index is -1.14. The Labute approximate surface area is 152 Å². The largest absolute Gasteiger partial charge is 0.480 e. The van der Waals surface area contributed by atoms with E-state index in [0.717, 1.165) is 0 Å². The zero-order valence-corrected chi connectivity index (χ0v) is 15.8. The lowest BCUT2D eigenvalue weighted by atomic mass is 9.99. The average molecular weight is 376 g/mol. The zero-order valence-electron chi connectivity index (χ0n) is 14.9. The molecule has 0 heterocycles. The van der Waals surface area contributed by atoms with Gasteiger partial charge in [0.25, 0.3) is 0 Å². The zero-order chi connectivity index (χ0) is 19.7. The number of carboxylic acids is 1. The molecule has 0 aromatic rings. The third kappa shape index (κ3) is 7.74. The van der Waals surface area contributed by atoms with Gasteiger partial charge >= 0.3 is 5.97 Å². The summed E-state index contributed by atoms with van der Waals surface area (Å²) in [6, 6.07) is -3.77. The molecule has 25 heavy (non-hydrogen) atoms. The molecule has 0 aliphatic carbocycles. The Bertz CT molecular complexity index is 500. The molecule has 0 aliphatic heterocycles. The van der Waals surface area contributed by atoms with Crippen LogP contribution in [-0.2, 0) is 19.2 Å². The Morgan fingerprint density at radius 3 is 1.96 bits per heavy atom. The van der Waals surface area contributed by atoms with Gasteiger partial charge in [-0.2, -0.15) is 12.6 Å². The van der Waals surface area contributed by atoms with Gasteiger partial charge in [-0.25, -0.2) is 4.79 Å². The van der Waals surface area contributed by atoms with Crippen molar-refractivity contribution in [1.29, 1.82) is 0 Å². The Balaban J connectivity index is 4.80. The normalized spacial score (nSPS) is 16.7. The Hall–Kier alpha value is -1.81. The summed E-state index contributed by atoms with van der Waals surface area (Å²) in [7, 11) is 0. The van der Waals surface area contributed by atoms with Gasteiger partial charge in [-0.3, -0.25) is 14.4 Å². The summed E-state index contributed by atoms with van der Waals surface area (Å²) in [5, 5.41) is 16.4. The fourth-order valence-corrected chi connectivity index (χ4v) is 2.10. The Kier molecular flexibility index (Phi) is 10.1. The van der Waals surface area contributed by atoms with Crippen LogP contribution in [0.15, 0.2) is 0 Å². The number of carboxylic acid groups (broad SMARTS) is 1. The van der Waals surface area contributed by atoms with Crippen molar-refractivity contribution in [1.82, 2.24) is 16.0 Å². The minimum absolute atomic E-state index is 0.0171. The van der Waals surface area contributed by atoms with Crippen LogP contribution in [0.3, 0.4) is 0 Å². The molecule has 9 nitrogen and oxygen atoms in total. The fraction of sp³-hybridized carbons (Fsp3) is 0.733. The van der Waals surface area contributed by atoms with Crippen molar-refractivity contribution in [3.8, 4) is 0 Å². The predicted octanol–water partition coefficient (Wildman–Crippen LogP) is -1.13. The highest BCUT2D eigenvalue weighted by atomic mass is 32.1. The second-order valence-electron chi connectivity index (χ2n) is 5.97. The van der Waals surface area contributed by atoms with E-state index in [1.54, 1.807) is 6.92 Å². The van der Waals surface area contributed by atoms with Crippen LogP contribution >= 0.6 is 12.6 Å². The van der Waals surface area contributed by atoms with E-state index in [1.165, 1.54) is 13.8 Å². The van der Waals surface area contributed by atoms with E-state index in [2.05, 4.69) is 28.6 Å². The summed E-state index contributed by atoms with van der Waals surface area (Å²) in [5.74, 6) is -3.14. The van der Waals surface area contributed by atoms with Crippen molar-refractivity contribution in [3.63, 3.8) is 0 Å². The van der Waals surface area contributed by atoms with Crippen LogP contribution < -0.4 is 21.7 Å². The monoisotopic (exact) mass is 376 g/mol. The van der Waals surface area contributed by atoms with Crippen LogP contribution in [0.5, 0.6) is 0 Å². The highest BCUT2D eigenvalue weighted by Crippen LogP contribution is 2.08. The van der Waals surface area contributed by atoms with E-state index >= 15 is 0 Å². The molecular formula is C15H28N4O5S. The summed E-state index contributed by atoms with van der Waals surface area (Å²) < 4.78 is 0. The lowest BCUT2D eigenvalue weighted by molar-refractivity contribution is -0.143.